The van der Waals surface area contributed by atoms with Crippen LogP contribution in [0, 0.1) is 25.2 Å². The van der Waals surface area contributed by atoms with Crippen LogP contribution < -0.4 is 10.5 Å². The van der Waals surface area contributed by atoms with Crippen molar-refractivity contribution < 1.29 is 9.53 Å². The first-order chi connectivity index (χ1) is 9.93. The van der Waals surface area contributed by atoms with Crippen LogP contribution in [0.2, 0.25) is 0 Å². The fourth-order valence-electron chi connectivity index (χ4n) is 3.48. The first-order valence-corrected chi connectivity index (χ1v) is 7.83. The molecule has 0 unspecified atom stereocenters. The van der Waals surface area contributed by atoms with Crippen LogP contribution in [0.1, 0.15) is 54.1 Å². The number of nitrogens with two attached hydrogens (primary N) is 1. The number of Topliss-reactive ketones (excluding diaryl/α,β-unsaturated/α-hetero) is 1. The smallest absolute Gasteiger partial charge is 0.174 e. The highest BCUT2D eigenvalue weighted by Gasteiger charge is 2.41. The molecule has 1 aromatic rings. The molecule has 0 saturated heterocycles. The summed E-state index contributed by atoms with van der Waals surface area (Å²) in [4.78, 5) is 13.2. The molecule has 0 spiro atoms. The van der Waals surface area contributed by atoms with Crippen LogP contribution in [0.4, 0.5) is 0 Å². The van der Waals surface area contributed by atoms with E-state index in [2.05, 4.69) is 6.92 Å². The molecule has 0 atom stereocenters. The summed E-state index contributed by atoms with van der Waals surface area (Å²) in [5, 5.41) is 0. The Hall–Kier alpha value is -1.35. The summed E-state index contributed by atoms with van der Waals surface area (Å²) in [7, 11) is 1.63. The van der Waals surface area contributed by atoms with E-state index in [1.165, 1.54) is 0 Å². The SMILES string of the molecule is COc1cc(C)cc(C)c1C(=O)C1(CN)CCC(C)CC1. The second-order valence-electron chi connectivity index (χ2n) is 6.66. The maximum absolute atomic E-state index is 13.2. The lowest BCUT2D eigenvalue weighted by Gasteiger charge is -2.37. The second-order valence-corrected chi connectivity index (χ2v) is 6.66. The fraction of sp³-hybridized carbons (Fsp3) is 0.611. The maximum atomic E-state index is 13.2. The van der Waals surface area contributed by atoms with E-state index in [4.69, 9.17) is 10.5 Å². The van der Waals surface area contributed by atoms with Gasteiger partial charge in [-0.2, -0.15) is 0 Å². The molecule has 116 valence electrons. The molecule has 1 fully saturated rings. The van der Waals surface area contributed by atoms with Gasteiger partial charge in [0.05, 0.1) is 12.7 Å². The Morgan fingerprint density at radius 1 is 1.33 bits per heavy atom. The summed E-state index contributed by atoms with van der Waals surface area (Å²) in [6.07, 6.45) is 3.94. The molecule has 0 bridgehead atoms. The molecular formula is C18H27NO2. The zero-order valence-corrected chi connectivity index (χ0v) is 13.7. The molecule has 3 nitrogen and oxygen atoms in total. The number of rotatable bonds is 4. The van der Waals surface area contributed by atoms with Crippen LogP contribution in [0.3, 0.4) is 0 Å². The monoisotopic (exact) mass is 289 g/mol. The Morgan fingerprint density at radius 3 is 2.48 bits per heavy atom. The highest BCUT2D eigenvalue weighted by molar-refractivity contribution is 6.04. The van der Waals surface area contributed by atoms with Crippen molar-refractivity contribution in [1.29, 1.82) is 0 Å². The third kappa shape index (κ3) is 2.98. The molecule has 2 rings (SSSR count). The van der Waals surface area contributed by atoms with Gasteiger partial charge in [0, 0.05) is 12.0 Å². The number of benzene rings is 1. The minimum Gasteiger partial charge on any atom is -0.496 e. The molecule has 1 aliphatic carbocycles. The van der Waals surface area contributed by atoms with Gasteiger partial charge in [-0.1, -0.05) is 13.0 Å². The number of ether oxygens (including phenoxy) is 1. The van der Waals surface area contributed by atoms with Crippen molar-refractivity contribution in [2.24, 2.45) is 17.1 Å². The van der Waals surface area contributed by atoms with Crippen molar-refractivity contribution in [3.63, 3.8) is 0 Å². The Kier molecular flexibility index (Phi) is 4.72. The predicted molar refractivity (Wildman–Crippen MR) is 85.9 cm³/mol. The molecule has 1 aromatic carbocycles. The predicted octanol–water partition coefficient (Wildman–Crippen LogP) is 3.65. The van der Waals surface area contributed by atoms with E-state index in [9.17, 15) is 4.79 Å². The molecule has 2 N–H and O–H groups in total. The molecule has 1 saturated carbocycles. The van der Waals surface area contributed by atoms with Gasteiger partial charge in [0.25, 0.3) is 0 Å². The lowest BCUT2D eigenvalue weighted by molar-refractivity contribution is 0.0691. The van der Waals surface area contributed by atoms with Crippen molar-refractivity contribution in [2.75, 3.05) is 13.7 Å². The molecule has 0 radical (unpaired) electrons. The molecular weight excluding hydrogens is 262 g/mol. The highest BCUT2D eigenvalue weighted by Crippen LogP contribution is 2.42. The van der Waals surface area contributed by atoms with Crippen molar-refractivity contribution in [3.8, 4) is 5.75 Å². The van der Waals surface area contributed by atoms with E-state index >= 15 is 0 Å². The number of carbonyl (C=O) groups excluding carboxylic acids is 1. The van der Waals surface area contributed by atoms with Gasteiger partial charge >= 0.3 is 0 Å². The van der Waals surface area contributed by atoms with Gasteiger partial charge < -0.3 is 10.5 Å². The third-order valence-corrected chi connectivity index (χ3v) is 4.99. The van der Waals surface area contributed by atoms with Gasteiger partial charge in [0.15, 0.2) is 5.78 Å². The number of hydrogen-bond donors (Lipinski definition) is 1. The summed E-state index contributed by atoms with van der Waals surface area (Å²) in [5.74, 6) is 1.55. The van der Waals surface area contributed by atoms with Gasteiger partial charge in [0.2, 0.25) is 0 Å². The van der Waals surface area contributed by atoms with E-state index in [1.54, 1.807) is 7.11 Å². The normalized spacial score (nSPS) is 25.7. The first kappa shape index (κ1) is 16.0. The van der Waals surface area contributed by atoms with Crippen LogP contribution in [-0.4, -0.2) is 19.4 Å². The summed E-state index contributed by atoms with van der Waals surface area (Å²) in [6, 6.07) is 3.99. The van der Waals surface area contributed by atoms with E-state index in [1.807, 2.05) is 26.0 Å². The van der Waals surface area contributed by atoms with E-state index < -0.39 is 5.41 Å². The van der Waals surface area contributed by atoms with Gasteiger partial charge in [-0.15, -0.1) is 0 Å². The minimum absolute atomic E-state index is 0.172. The zero-order chi connectivity index (χ0) is 15.6. The number of hydrogen-bond acceptors (Lipinski definition) is 3. The second kappa shape index (κ2) is 6.18. The summed E-state index contributed by atoms with van der Waals surface area (Å²) >= 11 is 0. The number of aryl methyl sites for hydroxylation is 2. The van der Waals surface area contributed by atoms with Crippen molar-refractivity contribution >= 4 is 5.78 Å². The van der Waals surface area contributed by atoms with Crippen molar-refractivity contribution in [3.05, 3.63) is 28.8 Å². The van der Waals surface area contributed by atoms with Crippen LogP contribution >= 0.6 is 0 Å². The molecule has 0 heterocycles. The van der Waals surface area contributed by atoms with E-state index in [0.717, 1.165) is 42.4 Å². The molecule has 21 heavy (non-hydrogen) atoms. The molecule has 0 aliphatic heterocycles. The Labute approximate surface area is 127 Å². The average Bonchev–Trinajstić information content (AvgIpc) is 2.47. The lowest BCUT2D eigenvalue weighted by Crippen LogP contribution is -2.42. The summed E-state index contributed by atoms with van der Waals surface area (Å²) in [5.41, 5.74) is 8.45. The summed E-state index contributed by atoms with van der Waals surface area (Å²) < 4.78 is 5.47. The van der Waals surface area contributed by atoms with Crippen LogP contribution in [0.15, 0.2) is 12.1 Å². The van der Waals surface area contributed by atoms with Crippen molar-refractivity contribution in [1.82, 2.24) is 0 Å². The fourth-order valence-corrected chi connectivity index (χ4v) is 3.48. The summed E-state index contributed by atoms with van der Waals surface area (Å²) in [6.45, 7) is 6.68. The largest absolute Gasteiger partial charge is 0.496 e. The standard InChI is InChI=1S/C18H27NO2/c1-12-5-7-18(11-19,8-6-12)17(20)16-14(3)9-13(2)10-15(16)21-4/h9-10,12H,5-8,11,19H2,1-4H3. The lowest BCUT2D eigenvalue weighted by atomic mass is 9.66. The van der Waals surface area contributed by atoms with Gasteiger partial charge in [-0.05, 0) is 62.6 Å². The van der Waals surface area contributed by atoms with Crippen molar-refractivity contribution in [2.45, 2.75) is 46.5 Å². The highest BCUT2D eigenvalue weighted by atomic mass is 16.5. The molecule has 0 aromatic heterocycles. The topological polar surface area (TPSA) is 52.3 Å². The number of methoxy groups -OCH3 is 1. The van der Waals surface area contributed by atoms with Crippen LogP contribution in [-0.2, 0) is 0 Å². The van der Waals surface area contributed by atoms with Crippen LogP contribution in [0.25, 0.3) is 0 Å². The quantitative estimate of drug-likeness (QED) is 0.861. The minimum atomic E-state index is -0.403. The average molecular weight is 289 g/mol. The molecule has 1 aliphatic rings. The third-order valence-electron chi connectivity index (χ3n) is 4.99. The molecule has 0 amide bonds. The maximum Gasteiger partial charge on any atom is 0.174 e. The van der Waals surface area contributed by atoms with Gasteiger partial charge in [-0.25, -0.2) is 0 Å². The Bertz CT molecular complexity index is 528. The van der Waals surface area contributed by atoms with E-state index in [0.29, 0.717) is 18.2 Å². The number of carbonyl (C=O) groups is 1. The zero-order valence-electron chi connectivity index (χ0n) is 13.7. The Morgan fingerprint density at radius 2 is 1.95 bits per heavy atom. The molecule has 3 heteroatoms. The van der Waals surface area contributed by atoms with Gasteiger partial charge in [0.1, 0.15) is 5.75 Å². The first-order valence-electron chi connectivity index (χ1n) is 7.83. The van der Waals surface area contributed by atoms with E-state index in [-0.39, 0.29) is 5.78 Å². The van der Waals surface area contributed by atoms with Crippen LogP contribution in [0.5, 0.6) is 5.75 Å². The number of ketones is 1. The van der Waals surface area contributed by atoms with Gasteiger partial charge in [-0.3, -0.25) is 4.79 Å². The Balaban J connectivity index is 2.43.